The van der Waals surface area contributed by atoms with Gasteiger partial charge in [-0.3, -0.25) is 0 Å². The smallest absolute Gasteiger partial charge is 0.416 e. The Morgan fingerprint density at radius 2 is 1.50 bits per heavy atom. The van der Waals surface area contributed by atoms with Gasteiger partial charge in [-0.2, -0.15) is 13.2 Å². The maximum atomic E-state index is 13.2. The molecule has 3 N–H and O–H groups in total. The molecule has 0 aliphatic rings. The molecule has 1 unspecified atom stereocenters. The van der Waals surface area contributed by atoms with Crippen LogP contribution < -0.4 is 0 Å². The number of rotatable bonds is 3. The summed E-state index contributed by atoms with van der Waals surface area (Å²) in [5, 5.41) is 30.1. The van der Waals surface area contributed by atoms with Crippen molar-refractivity contribution in [1.82, 2.24) is 0 Å². The first-order valence-electron chi connectivity index (χ1n) is 6.61. The summed E-state index contributed by atoms with van der Waals surface area (Å²) in [5.74, 6) is -0.717. The van der Waals surface area contributed by atoms with Gasteiger partial charge in [0.2, 0.25) is 0 Å². The van der Waals surface area contributed by atoms with Gasteiger partial charge in [0.15, 0.2) is 0 Å². The third kappa shape index (κ3) is 2.74. The molecule has 0 aliphatic carbocycles. The molecule has 0 fully saturated rings. The summed E-state index contributed by atoms with van der Waals surface area (Å²) in [4.78, 5) is 0. The highest BCUT2D eigenvalue weighted by Crippen LogP contribution is 2.44. The van der Waals surface area contributed by atoms with Crippen LogP contribution in [0.1, 0.15) is 30.0 Å². The molecule has 2 aromatic rings. The molecule has 0 aliphatic heterocycles. The van der Waals surface area contributed by atoms with Crippen LogP contribution in [0.5, 0.6) is 11.5 Å². The van der Waals surface area contributed by atoms with E-state index in [1.807, 2.05) is 0 Å². The standard InChI is InChI=1S/C16H15F3O3/c1-2-15(22,13-8-7-10(20)9-14(13)21)11-5-3-4-6-12(11)16(17,18)19/h3-9,20-22H,2H2,1H3. The van der Waals surface area contributed by atoms with Crippen molar-refractivity contribution in [2.45, 2.75) is 25.1 Å². The Morgan fingerprint density at radius 3 is 2.00 bits per heavy atom. The Balaban J connectivity index is 2.71. The molecule has 0 spiro atoms. The molecule has 22 heavy (non-hydrogen) atoms. The quantitative estimate of drug-likeness (QED) is 0.808. The zero-order chi connectivity index (χ0) is 16.5. The number of phenols is 2. The lowest BCUT2D eigenvalue weighted by Gasteiger charge is -2.31. The van der Waals surface area contributed by atoms with Crippen LogP contribution in [0.4, 0.5) is 13.2 Å². The number of hydrogen-bond acceptors (Lipinski definition) is 3. The molecule has 1 atom stereocenters. The van der Waals surface area contributed by atoms with Crippen molar-refractivity contribution in [3.63, 3.8) is 0 Å². The zero-order valence-electron chi connectivity index (χ0n) is 11.7. The van der Waals surface area contributed by atoms with Crippen LogP contribution in [0.2, 0.25) is 0 Å². The lowest BCUT2D eigenvalue weighted by molar-refractivity contribution is -0.140. The average molecular weight is 312 g/mol. The maximum Gasteiger partial charge on any atom is 0.416 e. The lowest BCUT2D eigenvalue weighted by Crippen LogP contribution is -2.29. The molecule has 0 heterocycles. The Kier molecular flexibility index (Phi) is 4.06. The van der Waals surface area contributed by atoms with Crippen molar-refractivity contribution in [2.24, 2.45) is 0 Å². The third-order valence-corrected chi connectivity index (χ3v) is 3.62. The molecule has 118 valence electrons. The largest absolute Gasteiger partial charge is 0.508 e. The minimum absolute atomic E-state index is 0.0849. The lowest BCUT2D eigenvalue weighted by atomic mass is 9.81. The van der Waals surface area contributed by atoms with Crippen LogP contribution in [0.15, 0.2) is 42.5 Å². The van der Waals surface area contributed by atoms with E-state index in [-0.39, 0.29) is 23.3 Å². The normalized spacial score (nSPS) is 14.6. The van der Waals surface area contributed by atoms with Gasteiger partial charge in [-0.25, -0.2) is 0 Å². The highest BCUT2D eigenvalue weighted by atomic mass is 19.4. The Morgan fingerprint density at radius 1 is 0.909 bits per heavy atom. The highest BCUT2D eigenvalue weighted by molar-refractivity contribution is 5.49. The van der Waals surface area contributed by atoms with Crippen LogP contribution >= 0.6 is 0 Å². The topological polar surface area (TPSA) is 60.7 Å². The highest BCUT2D eigenvalue weighted by Gasteiger charge is 2.41. The fraction of sp³-hybridized carbons (Fsp3) is 0.250. The number of phenolic OH excluding ortho intramolecular Hbond substituents is 2. The minimum Gasteiger partial charge on any atom is -0.508 e. The molecule has 0 amide bonds. The SMILES string of the molecule is CCC(O)(c1ccc(O)cc1O)c1ccccc1C(F)(F)F. The Labute approximate surface area is 125 Å². The maximum absolute atomic E-state index is 13.2. The van der Waals surface area contributed by atoms with E-state index in [0.717, 1.165) is 12.1 Å². The molecular weight excluding hydrogens is 297 g/mol. The summed E-state index contributed by atoms with van der Waals surface area (Å²) < 4.78 is 39.5. The first kappa shape index (κ1) is 16.2. The van der Waals surface area contributed by atoms with Crippen LogP contribution in [0.25, 0.3) is 0 Å². The summed E-state index contributed by atoms with van der Waals surface area (Å²) in [5.41, 5.74) is -3.42. The van der Waals surface area contributed by atoms with Gasteiger partial charge in [-0.1, -0.05) is 25.1 Å². The van der Waals surface area contributed by atoms with E-state index >= 15 is 0 Å². The molecule has 0 bridgehead atoms. The monoisotopic (exact) mass is 312 g/mol. The molecule has 0 saturated carbocycles. The fourth-order valence-electron chi connectivity index (χ4n) is 2.49. The van der Waals surface area contributed by atoms with Crippen LogP contribution in [-0.4, -0.2) is 15.3 Å². The molecule has 3 nitrogen and oxygen atoms in total. The molecule has 6 heteroatoms. The van der Waals surface area contributed by atoms with Gasteiger partial charge in [-0.05, 0) is 24.6 Å². The van der Waals surface area contributed by atoms with E-state index in [1.165, 1.54) is 37.3 Å². The predicted octanol–water partition coefficient (Wildman–Crippen LogP) is 3.76. The summed E-state index contributed by atoms with van der Waals surface area (Å²) in [6.45, 7) is 1.51. The van der Waals surface area contributed by atoms with Gasteiger partial charge < -0.3 is 15.3 Å². The van der Waals surface area contributed by atoms with Crippen LogP contribution in [-0.2, 0) is 11.8 Å². The van der Waals surface area contributed by atoms with Gasteiger partial charge in [0.25, 0.3) is 0 Å². The second-order valence-corrected chi connectivity index (χ2v) is 4.96. The van der Waals surface area contributed by atoms with Crippen molar-refractivity contribution in [2.75, 3.05) is 0 Å². The number of alkyl halides is 3. The van der Waals surface area contributed by atoms with E-state index in [1.54, 1.807) is 0 Å². The zero-order valence-corrected chi connectivity index (χ0v) is 11.7. The van der Waals surface area contributed by atoms with Crippen molar-refractivity contribution >= 4 is 0 Å². The predicted molar refractivity (Wildman–Crippen MR) is 74.5 cm³/mol. The van der Waals surface area contributed by atoms with E-state index in [0.29, 0.717) is 0 Å². The molecule has 0 aromatic heterocycles. The first-order valence-corrected chi connectivity index (χ1v) is 6.61. The Hall–Kier alpha value is -2.21. The molecule has 2 rings (SSSR count). The number of benzene rings is 2. The van der Waals surface area contributed by atoms with Crippen LogP contribution in [0, 0.1) is 0 Å². The van der Waals surface area contributed by atoms with Gasteiger partial charge in [-0.15, -0.1) is 0 Å². The van der Waals surface area contributed by atoms with Gasteiger partial charge >= 0.3 is 6.18 Å². The average Bonchev–Trinajstić information content (AvgIpc) is 2.45. The number of aromatic hydroxyl groups is 2. The van der Waals surface area contributed by atoms with Crippen molar-refractivity contribution in [3.8, 4) is 11.5 Å². The summed E-state index contributed by atoms with van der Waals surface area (Å²) in [6.07, 6.45) is -4.72. The molecular formula is C16H15F3O3. The summed E-state index contributed by atoms with van der Waals surface area (Å²) >= 11 is 0. The molecule has 2 aromatic carbocycles. The number of hydrogen-bond donors (Lipinski definition) is 3. The van der Waals surface area contributed by atoms with E-state index in [4.69, 9.17) is 0 Å². The second kappa shape index (κ2) is 5.53. The van der Waals surface area contributed by atoms with E-state index < -0.39 is 23.1 Å². The van der Waals surface area contributed by atoms with Gasteiger partial charge in [0, 0.05) is 17.2 Å². The van der Waals surface area contributed by atoms with Crippen molar-refractivity contribution in [3.05, 3.63) is 59.2 Å². The summed E-state index contributed by atoms with van der Waals surface area (Å²) in [6, 6.07) is 8.08. The molecule has 0 radical (unpaired) electrons. The van der Waals surface area contributed by atoms with Gasteiger partial charge in [0.05, 0.1) is 5.56 Å². The fourth-order valence-corrected chi connectivity index (χ4v) is 2.49. The Bertz CT molecular complexity index is 683. The number of aliphatic hydroxyl groups is 1. The van der Waals surface area contributed by atoms with E-state index in [2.05, 4.69) is 0 Å². The van der Waals surface area contributed by atoms with Crippen LogP contribution in [0.3, 0.4) is 0 Å². The first-order chi connectivity index (χ1) is 10.2. The third-order valence-electron chi connectivity index (χ3n) is 3.62. The molecule has 0 saturated heterocycles. The van der Waals surface area contributed by atoms with E-state index in [9.17, 15) is 28.5 Å². The number of halogens is 3. The van der Waals surface area contributed by atoms with Crippen molar-refractivity contribution < 1.29 is 28.5 Å². The second-order valence-electron chi connectivity index (χ2n) is 4.96. The minimum atomic E-state index is -4.63. The van der Waals surface area contributed by atoms with Crippen molar-refractivity contribution in [1.29, 1.82) is 0 Å². The van der Waals surface area contributed by atoms with Gasteiger partial charge in [0.1, 0.15) is 17.1 Å². The summed E-state index contributed by atoms with van der Waals surface area (Å²) in [7, 11) is 0.